The Hall–Kier alpha value is -2.00. The summed E-state index contributed by atoms with van der Waals surface area (Å²) in [5.74, 6) is -0.328. The Morgan fingerprint density at radius 3 is 2.81 bits per heavy atom. The molecule has 1 N–H and O–H groups in total. The minimum absolute atomic E-state index is 0.0400. The van der Waals surface area contributed by atoms with Gasteiger partial charge in [-0.1, -0.05) is 6.92 Å². The first-order chi connectivity index (χ1) is 10.0. The summed E-state index contributed by atoms with van der Waals surface area (Å²) in [5.41, 5.74) is 1.50. The fourth-order valence-electron chi connectivity index (χ4n) is 1.97. The highest BCUT2D eigenvalue weighted by molar-refractivity contribution is 8.03. The highest BCUT2D eigenvalue weighted by Gasteiger charge is 2.40. The van der Waals surface area contributed by atoms with E-state index in [-0.39, 0.29) is 24.4 Å². The Kier molecular flexibility index (Phi) is 4.86. The van der Waals surface area contributed by atoms with E-state index >= 15 is 0 Å². The molecule has 1 fully saturated rings. The van der Waals surface area contributed by atoms with E-state index in [1.54, 1.807) is 12.1 Å². The first kappa shape index (κ1) is 15.4. The van der Waals surface area contributed by atoms with Gasteiger partial charge in [0.25, 0.3) is 5.91 Å². The number of nitrogens with one attached hydrogen (secondary N) is 1. The van der Waals surface area contributed by atoms with Crippen LogP contribution in [0.25, 0.3) is 0 Å². The molecule has 2 rings (SSSR count). The smallest absolute Gasteiger partial charge is 0.309 e. The molecule has 0 bridgehead atoms. The first-order valence-corrected chi connectivity index (χ1v) is 7.46. The number of carbonyl (C=O) groups excluding carboxylic acids is 2. The number of rotatable bonds is 5. The number of thioether (sulfide) groups is 1. The number of ether oxygens (including phenoxy) is 1. The molecule has 0 spiro atoms. The molecule has 21 heavy (non-hydrogen) atoms. The van der Waals surface area contributed by atoms with Crippen LogP contribution in [0.2, 0.25) is 0 Å². The highest BCUT2D eigenvalue weighted by Crippen LogP contribution is 2.38. The molecule has 0 aromatic heterocycles. The van der Waals surface area contributed by atoms with Crippen LogP contribution in [0.3, 0.4) is 0 Å². The van der Waals surface area contributed by atoms with Gasteiger partial charge in [-0.25, -0.2) is 0 Å². The van der Waals surface area contributed by atoms with Gasteiger partial charge in [-0.3, -0.25) is 9.59 Å². The summed E-state index contributed by atoms with van der Waals surface area (Å²) in [6, 6.07) is 5.31. The lowest BCUT2D eigenvalue weighted by Gasteiger charge is -2.09. The van der Waals surface area contributed by atoms with E-state index in [1.807, 2.05) is 25.3 Å². The Morgan fingerprint density at radius 1 is 1.52 bits per heavy atom. The summed E-state index contributed by atoms with van der Waals surface area (Å²) in [4.78, 5) is 24.1. The fourth-order valence-corrected chi connectivity index (χ4v) is 2.45. The van der Waals surface area contributed by atoms with Crippen LogP contribution < -0.4 is 5.32 Å². The predicted octanol–water partition coefficient (Wildman–Crippen LogP) is 2.71. The molecule has 1 saturated carbocycles. The molecule has 1 aromatic rings. The van der Waals surface area contributed by atoms with Crippen LogP contribution >= 0.6 is 11.8 Å². The molecule has 1 aliphatic rings. The minimum atomic E-state index is -0.361. The third kappa shape index (κ3) is 4.23. The lowest BCUT2D eigenvalue weighted by molar-refractivity contribution is -0.148. The van der Waals surface area contributed by atoms with Gasteiger partial charge in [-0.05, 0) is 54.8 Å². The molecule has 0 heterocycles. The van der Waals surface area contributed by atoms with Crippen LogP contribution in [0, 0.1) is 29.4 Å². The van der Waals surface area contributed by atoms with E-state index in [0.717, 1.165) is 28.6 Å². The van der Waals surface area contributed by atoms with Gasteiger partial charge in [0.15, 0.2) is 6.61 Å². The van der Waals surface area contributed by atoms with Crippen LogP contribution in [0.15, 0.2) is 23.1 Å². The molecule has 0 aliphatic heterocycles. The molecule has 6 heteroatoms. The topological polar surface area (TPSA) is 79.2 Å². The maximum Gasteiger partial charge on any atom is 0.309 e. The average Bonchev–Trinajstić information content (AvgIpc) is 3.17. The summed E-state index contributed by atoms with van der Waals surface area (Å²) in [7, 11) is 0. The number of hydrogen-bond acceptors (Lipinski definition) is 5. The largest absolute Gasteiger partial charge is 0.455 e. The van der Waals surface area contributed by atoms with Crippen molar-refractivity contribution < 1.29 is 14.3 Å². The molecule has 2 atom stereocenters. The molecular weight excluding hydrogens is 288 g/mol. The molecule has 0 radical (unpaired) electrons. The summed E-state index contributed by atoms with van der Waals surface area (Å²) in [5, 5.41) is 13.3. The van der Waals surface area contributed by atoms with Crippen LogP contribution in [-0.4, -0.2) is 18.5 Å². The second kappa shape index (κ2) is 6.64. The number of benzene rings is 1. The SMILES string of the molecule is Cc1cc(SC#N)ccc1NC(=O)COC(=O)[C@H]1C[C@@H]1C. The molecule has 1 amide bonds. The van der Waals surface area contributed by atoms with Crippen molar-refractivity contribution in [3.05, 3.63) is 23.8 Å². The van der Waals surface area contributed by atoms with Crippen molar-refractivity contribution in [1.82, 2.24) is 0 Å². The van der Waals surface area contributed by atoms with Crippen molar-refractivity contribution >= 4 is 29.3 Å². The zero-order chi connectivity index (χ0) is 15.4. The third-order valence-corrected chi connectivity index (χ3v) is 3.97. The van der Waals surface area contributed by atoms with Gasteiger partial charge in [0.1, 0.15) is 5.40 Å². The second-order valence-electron chi connectivity index (χ2n) is 5.15. The normalized spacial score (nSPS) is 19.5. The van der Waals surface area contributed by atoms with Crippen molar-refractivity contribution in [1.29, 1.82) is 5.26 Å². The number of amides is 1. The number of thiocyanates is 1. The predicted molar refractivity (Wildman–Crippen MR) is 79.5 cm³/mol. The van der Waals surface area contributed by atoms with Crippen molar-refractivity contribution in [2.75, 3.05) is 11.9 Å². The highest BCUT2D eigenvalue weighted by atomic mass is 32.2. The molecule has 1 aliphatic carbocycles. The maximum atomic E-state index is 11.8. The Bertz CT molecular complexity index is 609. The Labute approximate surface area is 127 Å². The molecule has 0 unspecified atom stereocenters. The van der Waals surface area contributed by atoms with Gasteiger partial charge in [0, 0.05) is 10.6 Å². The van der Waals surface area contributed by atoms with Gasteiger partial charge < -0.3 is 10.1 Å². The van der Waals surface area contributed by atoms with Crippen LogP contribution in [-0.2, 0) is 14.3 Å². The summed E-state index contributed by atoms with van der Waals surface area (Å²) < 4.78 is 4.97. The van der Waals surface area contributed by atoms with Crippen molar-refractivity contribution in [3.63, 3.8) is 0 Å². The number of esters is 1. The minimum Gasteiger partial charge on any atom is -0.455 e. The van der Waals surface area contributed by atoms with Crippen molar-refractivity contribution in [2.24, 2.45) is 11.8 Å². The molecule has 1 aromatic carbocycles. The lowest BCUT2D eigenvalue weighted by Crippen LogP contribution is -2.22. The quantitative estimate of drug-likeness (QED) is 0.514. The number of aryl methyl sites for hydroxylation is 1. The molecule has 110 valence electrons. The van der Waals surface area contributed by atoms with Gasteiger partial charge in [0.2, 0.25) is 0 Å². The first-order valence-electron chi connectivity index (χ1n) is 6.64. The Morgan fingerprint density at radius 2 is 2.24 bits per heavy atom. The standard InChI is InChI=1S/C15H16N2O3S/c1-9-6-12(9)15(19)20-7-14(18)17-13-4-3-11(21-8-16)5-10(13)2/h3-5,9,12H,6-7H2,1-2H3,(H,17,18)/t9-,12-/m0/s1. The number of anilines is 1. The maximum absolute atomic E-state index is 11.8. The van der Waals surface area contributed by atoms with E-state index in [9.17, 15) is 9.59 Å². The second-order valence-corrected chi connectivity index (χ2v) is 6.00. The van der Waals surface area contributed by atoms with Crippen LogP contribution in [0.4, 0.5) is 5.69 Å². The number of carbonyl (C=O) groups is 2. The zero-order valence-electron chi connectivity index (χ0n) is 11.9. The summed E-state index contributed by atoms with van der Waals surface area (Å²) >= 11 is 1.07. The van der Waals surface area contributed by atoms with Crippen LogP contribution in [0.5, 0.6) is 0 Å². The van der Waals surface area contributed by atoms with Gasteiger partial charge in [-0.2, -0.15) is 5.26 Å². The number of hydrogen-bond donors (Lipinski definition) is 1. The molecule has 0 saturated heterocycles. The van der Waals surface area contributed by atoms with E-state index < -0.39 is 0 Å². The van der Waals surface area contributed by atoms with E-state index in [0.29, 0.717) is 11.6 Å². The lowest BCUT2D eigenvalue weighted by atomic mass is 10.2. The van der Waals surface area contributed by atoms with E-state index in [4.69, 9.17) is 10.00 Å². The average molecular weight is 304 g/mol. The van der Waals surface area contributed by atoms with E-state index in [2.05, 4.69) is 5.32 Å². The molecular formula is C15H16N2O3S. The summed E-state index contributed by atoms with van der Waals surface area (Å²) in [6.45, 7) is 3.56. The number of nitrogens with zero attached hydrogens (tertiary/aromatic N) is 1. The van der Waals surface area contributed by atoms with Crippen molar-refractivity contribution in [3.8, 4) is 5.40 Å². The van der Waals surface area contributed by atoms with Gasteiger partial charge in [0.05, 0.1) is 5.92 Å². The molecule has 5 nitrogen and oxygen atoms in total. The fraction of sp³-hybridized carbons (Fsp3) is 0.400. The van der Waals surface area contributed by atoms with Crippen molar-refractivity contribution in [2.45, 2.75) is 25.2 Å². The van der Waals surface area contributed by atoms with Gasteiger partial charge >= 0.3 is 5.97 Å². The zero-order valence-corrected chi connectivity index (χ0v) is 12.7. The monoisotopic (exact) mass is 304 g/mol. The van der Waals surface area contributed by atoms with Crippen LogP contribution in [0.1, 0.15) is 18.9 Å². The number of nitriles is 1. The Balaban J connectivity index is 1.85. The third-order valence-electron chi connectivity index (χ3n) is 3.39. The summed E-state index contributed by atoms with van der Waals surface area (Å²) in [6.07, 6.45) is 0.845. The van der Waals surface area contributed by atoms with Gasteiger partial charge in [-0.15, -0.1) is 0 Å². The van der Waals surface area contributed by atoms with E-state index in [1.165, 1.54) is 0 Å².